The molecule has 0 aromatic rings. The lowest BCUT2D eigenvalue weighted by Crippen LogP contribution is -2.42. The second-order valence-corrected chi connectivity index (χ2v) is 2.79. The maximum absolute atomic E-state index is 4.04. The minimum absolute atomic E-state index is 0.280. The van der Waals surface area contributed by atoms with Crippen molar-refractivity contribution in [2.45, 2.75) is 25.8 Å². The van der Waals surface area contributed by atoms with Gasteiger partial charge in [0.1, 0.15) is 0 Å². The van der Waals surface area contributed by atoms with Crippen LogP contribution >= 0.6 is 0 Å². The standard InChI is InChI=1S/C6H12N2/c1-6(2)3-4-7-5-8-6/h4,8H,3,5H2,1-2H3. The molecule has 2 heteroatoms. The highest BCUT2D eigenvalue weighted by Crippen LogP contribution is 2.07. The average Bonchev–Trinajstić information content (AvgIpc) is 1.65. The van der Waals surface area contributed by atoms with Crippen molar-refractivity contribution in [2.75, 3.05) is 6.67 Å². The maximum Gasteiger partial charge on any atom is 0.0884 e. The van der Waals surface area contributed by atoms with Crippen molar-refractivity contribution in [3.63, 3.8) is 0 Å². The van der Waals surface area contributed by atoms with Crippen LogP contribution in [-0.2, 0) is 0 Å². The van der Waals surface area contributed by atoms with E-state index in [9.17, 15) is 0 Å². The molecule has 0 spiro atoms. The largest absolute Gasteiger partial charge is 0.293 e. The lowest BCUT2D eigenvalue weighted by atomic mass is 10.0. The summed E-state index contributed by atoms with van der Waals surface area (Å²) < 4.78 is 0. The highest BCUT2D eigenvalue weighted by Gasteiger charge is 2.16. The molecule has 2 nitrogen and oxygen atoms in total. The molecule has 0 unspecified atom stereocenters. The normalized spacial score (nSPS) is 25.8. The van der Waals surface area contributed by atoms with Gasteiger partial charge in [0.05, 0.1) is 6.67 Å². The second kappa shape index (κ2) is 1.86. The SMILES string of the molecule is CC1(C)CC=NCN1. The van der Waals surface area contributed by atoms with Gasteiger partial charge in [-0.05, 0) is 13.8 Å². The zero-order valence-electron chi connectivity index (χ0n) is 5.44. The zero-order chi connectivity index (χ0) is 6.04. The number of aliphatic imine (C=N–C) groups is 1. The fraction of sp³-hybridized carbons (Fsp3) is 0.833. The molecule has 1 rings (SSSR count). The summed E-state index contributed by atoms with van der Waals surface area (Å²) in [5.74, 6) is 0. The monoisotopic (exact) mass is 112 g/mol. The molecule has 1 heterocycles. The van der Waals surface area contributed by atoms with Gasteiger partial charge in [0, 0.05) is 18.2 Å². The Kier molecular flexibility index (Phi) is 1.34. The van der Waals surface area contributed by atoms with E-state index in [0.717, 1.165) is 13.1 Å². The molecule has 0 bridgehead atoms. The van der Waals surface area contributed by atoms with Crippen LogP contribution < -0.4 is 5.32 Å². The first kappa shape index (κ1) is 5.76. The molecule has 0 fully saturated rings. The number of hydrogen-bond donors (Lipinski definition) is 1. The lowest BCUT2D eigenvalue weighted by molar-refractivity contribution is 0.398. The highest BCUT2D eigenvalue weighted by molar-refractivity contribution is 5.59. The van der Waals surface area contributed by atoms with E-state index in [0.29, 0.717) is 0 Å². The molecule has 46 valence electrons. The van der Waals surface area contributed by atoms with E-state index in [4.69, 9.17) is 0 Å². The Morgan fingerprint density at radius 1 is 1.62 bits per heavy atom. The fourth-order valence-corrected chi connectivity index (χ4v) is 0.689. The van der Waals surface area contributed by atoms with Crippen molar-refractivity contribution in [3.8, 4) is 0 Å². The van der Waals surface area contributed by atoms with Crippen LogP contribution in [0.1, 0.15) is 20.3 Å². The minimum atomic E-state index is 0.280. The van der Waals surface area contributed by atoms with Crippen molar-refractivity contribution in [1.82, 2.24) is 5.32 Å². The summed E-state index contributed by atoms with van der Waals surface area (Å²) in [7, 11) is 0. The number of hydrogen-bond acceptors (Lipinski definition) is 2. The molecule has 0 amide bonds. The Hall–Kier alpha value is -0.370. The molecular weight excluding hydrogens is 100 g/mol. The molecule has 0 saturated heterocycles. The van der Waals surface area contributed by atoms with Crippen LogP contribution in [0.25, 0.3) is 0 Å². The summed E-state index contributed by atoms with van der Waals surface area (Å²) in [6.45, 7) is 5.14. The summed E-state index contributed by atoms with van der Waals surface area (Å²) in [5.41, 5.74) is 0.280. The Balaban J connectivity index is 2.50. The summed E-state index contributed by atoms with van der Waals surface area (Å²) >= 11 is 0. The van der Waals surface area contributed by atoms with Gasteiger partial charge in [-0.25, -0.2) is 0 Å². The van der Waals surface area contributed by atoms with Gasteiger partial charge in [-0.2, -0.15) is 0 Å². The summed E-state index contributed by atoms with van der Waals surface area (Å²) in [6.07, 6.45) is 3.03. The first-order chi connectivity index (χ1) is 3.71. The number of nitrogens with zero attached hydrogens (tertiary/aromatic N) is 1. The van der Waals surface area contributed by atoms with Gasteiger partial charge >= 0.3 is 0 Å². The third kappa shape index (κ3) is 1.30. The average molecular weight is 112 g/mol. The van der Waals surface area contributed by atoms with E-state index >= 15 is 0 Å². The van der Waals surface area contributed by atoms with Crippen LogP contribution in [0.5, 0.6) is 0 Å². The first-order valence-electron chi connectivity index (χ1n) is 2.94. The van der Waals surface area contributed by atoms with Gasteiger partial charge in [-0.1, -0.05) is 0 Å². The van der Waals surface area contributed by atoms with E-state index in [1.165, 1.54) is 0 Å². The minimum Gasteiger partial charge on any atom is -0.293 e. The Labute approximate surface area is 50.0 Å². The fourth-order valence-electron chi connectivity index (χ4n) is 0.689. The van der Waals surface area contributed by atoms with Crippen LogP contribution in [0.2, 0.25) is 0 Å². The van der Waals surface area contributed by atoms with Crippen molar-refractivity contribution in [2.24, 2.45) is 4.99 Å². The molecule has 1 aliphatic heterocycles. The number of rotatable bonds is 0. The Morgan fingerprint density at radius 2 is 2.38 bits per heavy atom. The van der Waals surface area contributed by atoms with Crippen LogP contribution in [0.3, 0.4) is 0 Å². The Morgan fingerprint density at radius 3 is 2.62 bits per heavy atom. The second-order valence-electron chi connectivity index (χ2n) is 2.79. The van der Waals surface area contributed by atoms with E-state index in [1.807, 2.05) is 6.21 Å². The van der Waals surface area contributed by atoms with Crippen LogP contribution in [0, 0.1) is 0 Å². The first-order valence-corrected chi connectivity index (χ1v) is 2.94. The summed E-state index contributed by atoms with van der Waals surface area (Å²) in [6, 6.07) is 0. The van der Waals surface area contributed by atoms with Crippen molar-refractivity contribution < 1.29 is 0 Å². The third-order valence-electron chi connectivity index (χ3n) is 1.38. The van der Waals surface area contributed by atoms with E-state index in [1.54, 1.807) is 0 Å². The predicted octanol–water partition coefficient (Wildman–Crippen LogP) is 0.787. The number of nitrogens with one attached hydrogen (secondary N) is 1. The highest BCUT2D eigenvalue weighted by atomic mass is 15.1. The molecular formula is C6H12N2. The predicted molar refractivity (Wildman–Crippen MR) is 35.2 cm³/mol. The van der Waals surface area contributed by atoms with Crippen LogP contribution in [-0.4, -0.2) is 18.4 Å². The van der Waals surface area contributed by atoms with Gasteiger partial charge in [-0.3, -0.25) is 10.3 Å². The van der Waals surface area contributed by atoms with Crippen molar-refractivity contribution in [1.29, 1.82) is 0 Å². The molecule has 1 N–H and O–H groups in total. The topological polar surface area (TPSA) is 24.4 Å². The van der Waals surface area contributed by atoms with Crippen LogP contribution in [0.15, 0.2) is 4.99 Å². The van der Waals surface area contributed by atoms with Crippen LogP contribution in [0.4, 0.5) is 0 Å². The molecule has 0 saturated carbocycles. The van der Waals surface area contributed by atoms with Gasteiger partial charge in [-0.15, -0.1) is 0 Å². The van der Waals surface area contributed by atoms with Gasteiger partial charge in [0.2, 0.25) is 0 Å². The third-order valence-corrected chi connectivity index (χ3v) is 1.38. The molecule has 0 aromatic heterocycles. The summed E-state index contributed by atoms with van der Waals surface area (Å²) in [4.78, 5) is 4.04. The van der Waals surface area contributed by atoms with Gasteiger partial charge in [0.25, 0.3) is 0 Å². The lowest BCUT2D eigenvalue weighted by Gasteiger charge is -2.26. The van der Waals surface area contributed by atoms with Gasteiger partial charge in [0.15, 0.2) is 0 Å². The van der Waals surface area contributed by atoms with Crippen molar-refractivity contribution >= 4 is 6.21 Å². The quantitative estimate of drug-likeness (QED) is 0.492. The van der Waals surface area contributed by atoms with Crippen molar-refractivity contribution in [3.05, 3.63) is 0 Å². The molecule has 0 atom stereocenters. The Bertz CT molecular complexity index is 105. The molecule has 0 radical (unpaired) electrons. The maximum atomic E-state index is 4.04. The van der Waals surface area contributed by atoms with Gasteiger partial charge < -0.3 is 0 Å². The molecule has 1 aliphatic rings. The molecule has 8 heavy (non-hydrogen) atoms. The smallest absolute Gasteiger partial charge is 0.0884 e. The zero-order valence-corrected chi connectivity index (χ0v) is 5.44. The van der Waals surface area contributed by atoms with E-state index in [2.05, 4.69) is 24.2 Å². The van der Waals surface area contributed by atoms with E-state index < -0.39 is 0 Å². The summed E-state index contributed by atoms with van der Waals surface area (Å²) in [5, 5.41) is 3.26. The molecule has 0 aliphatic carbocycles. The molecule has 0 aromatic carbocycles. The van der Waals surface area contributed by atoms with E-state index in [-0.39, 0.29) is 5.54 Å².